The third-order valence-electron chi connectivity index (χ3n) is 6.66. The van der Waals surface area contributed by atoms with Crippen LogP contribution in [0.5, 0.6) is 0 Å². The number of para-hydroxylation sites is 1. The molecule has 3 atom stereocenters. The van der Waals surface area contributed by atoms with Gasteiger partial charge in [-0.05, 0) is 56.8 Å². The summed E-state index contributed by atoms with van der Waals surface area (Å²) in [6.07, 6.45) is 6.70. The van der Waals surface area contributed by atoms with Gasteiger partial charge in [0.1, 0.15) is 0 Å². The molecule has 3 aliphatic heterocycles. The van der Waals surface area contributed by atoms with Crippen LogP contribution in [0.3, 0.4) is 0 Å². The van der Waals surface area contributed by atoms with Crippen LogP contribution in [0.25, 0.3) is 0 Å². The molecule has 27 heavy (non-hydrogen) atoms. The maximum atomic E-state index is 13.0. The Morgan fingerprint density at radius 3 is 2.70 bits per heavy atom. The number of hydrogen-bond donors (Lipinski definition) is 0. The van der Waals surface area contributed by atoms with E-state index in [0.717, 1.165) is 12.2 Å². The Kier molecular flexibility index (Phi) is 5.48. The number of rotatable bonds is 4. The van der Waals surface area contributed by atoms with Gasteiger partial charge in [-0.25, -0.2) is 0 Å². The maximum Gasteiger partial charge on any atom is 0.227 e. The quantitative estimate of drug-likeness (QED) is 0.820. The highest BCUT2D eigenvalue weighted by molar-refractivity contribution is 6.00. The number of benzene rings is 1. The minimum absolute atomic E-state index is 0.0593. The van der Waals surface area contributed by atoms with Gasteiger partial charge in [0.15, 0.2) is 0 Å². The highest BCUT2D eigenvalue weighted by Crippen LogP contribution is 2.32. The Morgan fingerprint density at radius 1 is 1.11 bits per heavy atom. The second-order valence-corrected chi connectivity index (χ2v) is 8.46. The molecule has 0 radical (unpaired) electrons. The van der Waals surface area contributed by atoms with Crippen LogP contribution >= 0.6 is 0 Å². The summed E-state index contributed by atoms with van der Waals surface area (Å²) in [6, 6.07) is 10.3. The van der Waals surface area contributed by atoms with Crippen molar-refractivity contribution in [3.63, 3.8) is 0 Å². The number of anilines is 1. The van der Waals surface area contributed by atoms with E-state index < -0.39 is 0 Å². The fraction of sp³-hybridized carbons (Fsp3) is 0.636. The second-order valence-electron chi connectivity index (χ2n) is 8.46. The molecule has 146 valence electrons. The first-order chi connectivity index (χ1) is 13.1. The summed E-state index contributed by atoms with van der Waals surface area (Å²) in [5, 5.41) is 0. The normalized spacial score (nSPS) is 28.9. The van der Waals surface area contributed by atoms with Gasteiger partial charge < -0.3 is 14.7 Å². The molecule has 0 N–H and O–H groups in total. The second kappa shape index (κ2) is 8.01. The molecule has 2 amide bonds. The summed E-state index contributed by atoms with van der Waals surface area (Å²) < 4.78 is 0. The predicted octanol–water partition coefficient (Wildman–Crippen LogP) is 2.76. The third kappa shape index (κ3) is 3.88. The summed E-state index contributed by atoms with van der Waals surface area (Å²) in [5.74, 6) is 0.558. The first kappa shape index (κ1) is 18.5. The molecule has 0 aliphatic carbocycles. The molecule has 3 heterocycles. The number of carbonyl (C=O) groups excluding carboxylic acids is 2. The molecule has 5 nitrogen and oxygen atoms in total. The van der Waals surface area contributed by atoms with E-state index in [1.165, 1.54) is 45.2 Å². The largest absolute Gasteiger partial charge is 0.345 e. The summed E-state index contributed by atoms with van der Waals surface area (Å²) in [5.41, 5.74) is 0.894. The summed E-state index contributed by atoms with van der Waals surface area (Å²) in [4.78, 5) is 31.8. The number of nitrogens with zero attached hydrogens (tertiary/aromatic N) is 3. The average molecular weight is 370 g/mol. The molecular weight excluding hydrogens is 338 g/mol. The lowest BCUT2D eigenvalue weighted by atomic mass is 9.83. The lowest BCUT2D eigenvalue weighted by molar-refractivity contribution is -0.135. The van der Waals surface area contributed by atoms with Gasteiger partial charge in [-0.1, -0.05) is 24.6 Å². The van der Waals surface area contributed by atoms with Gasteiger partial charge in [0.05, 0.1) is 5.92 Å². The third-order valence-corrected chi connectivity index (χ3v) is 6.66. The van der Waals surface area contributed by atoms with E-state index in [1.54, 1.807) is 4.90 Å². The Bertz CT molecular complexity index is 675. The molecule has 0 spiro atoms. The standard InChI is InChI=1S/C22H31N3O2/c1-23(15-17-8-7-13-24-12-6-5-11-20(17)24)22(27)18-14-21(26)25(16-18)19-9-3-2-4-10-19/h2-4,9-10,17-18,20H,5-8,11-16H2,1H3/t17-,18?,20+/m0/s1. The Balaban J connectivity index is 1.37. The van der Waals surface area contributed by atoms with E-state index in [9.17, 15) is 9.59 Å². The van der Waals surface area contributed by atoms with Gasteiger partial charge >= 0.3 is 0 Å². The van der Waals surface area contributed by atoms with Crippen molar-refractivity contribution in [1.82, 2.24) is 9.80 Å². The van der Waals surface area contributed by atoms with Crippen LogP contribution in [-0.2, 0) is 9.59 Å². The molecule has 1 unspecified atom stereocenters. The van der Waals surface area contributed by atoms with Crippen LogP contribution in [0, 0.1) is 11.8 Å². The zero-order valence-electron chi connectivity index (χ0n) is 16.3. The van der Waals surface area contributed by atoms with Crippen LogP contribution in [0.4, 0.5) is 5.69 Å². The smallest absolute Gasteiger partial charge is 0.227 e. The molecule has 3 fully saturated rings. The molecule has 0 saturated carbocycles. The molecule has 1 aromatic carbocycles. The summed E-state index contributed by atoms with van der Waals surface area (Å²) >= 11 is 0. The van der Waals surface area contributed by atoms with E-state index in [2.05, 4.69) is 4.90 Å². The number of carbonyl (C=O) groups is 2. The van der Waals surface area contributed by atoms with E-state index in [-0.39, 0.29) is 17.7 Å². The molecule has 5 heteroatoms. The van der Waals surface area contributed by atoms with Crippen LogP contribution in [0.15, 0.2) is 30.3 Å². The van der Waals surface area contributed by atoms with Crippen molar-refractivity contribution in [2.24, 2.45) is 11.8 Å². The molecule has 4 rings (SSSR count). The predicted molar refractivity (Wildman–Crippen MR) is 106 cm³/mol. The Labute approximate surface area is 162 Å². The van der Waals surface area contributed by atoms with Crippen molar-refractivity contribution in [3.8, 4) is 0 Å². The molecule has 3 saturated heterocycles. The minimum atomic E-state index is -0.214. The monoisotopic (exact) mass is 369 g/mol. The van der Waals surface area contributed by atoms with Gasteiger partial charge in [0.2, 0.25) is 11.8 Å². The number of fused-ring (bicyclic) bond motifs is 1. The highest BCUT2D eigenvalue weighted by atomic mass is 16.2. The molecule has 3 aliphatic rings. The zero-order chi connectivity index (χ0) is 18.8. The van der Waals surface area contributed by atoms with Crippen LogP contribution in [-0.4, -0.2) is 60.9 Å². The van der Waals surface area contributed by atoms with Crippen LogP contribution in [0.2, 0.25) is 0 Å². The highest BCUT2D eigenvalue weighted by Gasteiger charge is 2.38. The SMILES string of the molecule is CN(C[C@@H]1CCCN2CCCC[C@H]12)C(=O)C1CC(=O)N(c2ccccc2)C1. The lowest BCUT2D eigenvalue weighted by Crippen LogP contribution is -2.51. The summed E-state index contributed by atoms with van der Waals surface area (Å²) in [6.45, 7) is 3.78. The number of piperidine rings is 2. The lowest BCUT2D eigenvalue weighted by Gasteiger charge is -2.45. The van der Waals surface area contributed by atoms with Crippen molar-refractivity contribution in [2.75, 3.05) is 38.1 Å². The van der Waals surface area contributed by atoms with Gasteiger partial charge in [-0.15, -0.1) is 0 Å². The van der Waals surface area contributed by atoms with Crippen molar-refractivity contribution in [2.45, 2.75) is 44.6 Å². The van der Waals surface area contributed by atoms with Gasteiger partial charge in [0, 0.05) is 38.3 Å². The van der Waals surface area contributed by atoms with Gasteiger partial charge in [-0.2, -0.15) is 0 Å². The summed E-state index contributed by atoms with van der Waals surface area (Å²) in [7, 11) is 1.93. The van der Waals surface area contributed by atoms with E-state index in [0.29, 0.717) is 24.9 Å². The van der Waals surface area contributed by atoms with Crippen molar-refractivity contribution < 1.29 is 9.59 Å². The molecule has 1 aromatic rings. The first-order valence-corrected chi connectivity index (χ1v) is 10.5. The topological polar surface area (TPSA) is 43.9 Å². The molecule has 0 bridgehead atoms. The molecule has 0 aromatic heterocycles. The Hall–Kier alpha value is -1.88. The zero-order valence-corrected chi connectivity index (χ0v) is 16.3. The fourth-order valence-corrected chi connectivity index (χ4v) is 5.27. The molecular formula is C22H31N3O2. The number of amides is 2. The van der Waals surface area contributed by atoms with Crippen molar-refractivity contribution in [1.29, 1.82) is 0 Å². The fourth-order valence-electron chi connectivity index (χ4n) is 5.27. The average Bonchev–Trinajstić information content (AvgIpc) is 3.10. The van der Waals surface area contributed by atoms with Gasteiger partial charge in [-0.3, -0.25) is 9.59 Å². The van der Waals surface area contributed by atoms with Crippen molar-refractivity contribution in [3.05, 3.63) is 30.3 Å². The van der Waals surface area contributed by atoms with Gasteiger partial charge in [0.25, 0.3) is 0 Å². The minimum Gasteiger partial charge on any atom is -0.345 e. The number of hydrogen-bond acceptors (Lipinski definition) is 3. The van der Waals surface area contributed by atoms with Crippen LogP contribution in [0.1, 0.15) is 38.5 Å². The van der Waals surface area contributed by atoms with E-state index >= 15 is 0 Å². The van der Waals surface area contributed by atoms with Crippen LogP contribution < -0.4 is 4.90 Å². The van der Waals surface area contributed by atoms with E-state index in [4.69, 9.17) is 0 Å². The maximum absolute atomic E-state index is 13.0. The van der Waals surface area contributed by atoms with Crippen molar-refractivity contribution >= 4 is 17.5 Å². The van der Waals surface area contributed by atoms with E-state index in [1.807, 2.05) is 42.3 Å². The Morgan fingerprint density at radius 2 is 1.89 bits per heavy atom. The first-order valence-electron chi connectivity index (χ1n) is 10.5.